The summed E-state index contributed by atoms with van der Waals surface area (Å²) in [6.07, 6.45) is -0.650. The van der Waals surface area contributed by atoms with E-state index in [0.29, 0.717) is 5.56 Å². The first kappa shape index (κ1) is 26.9. The summed E-state index contributed by atoms with van der Waals surface area (Å²) in [6.45, 7) is 13.8. The number of hydrogen-bond donors (Lipinski definition) is 0. The minimum absolute atomic E-state index is 0.202. The molecule has 1 heterocycles. The van der Waals surface area contributed by atoms with Crippen LogP contribution >= 0.6 is 27.6 Å². The lowest BCUT2D eigenvalue weighted by molar-refractivity contribution is 0.0969. The highest BCUT2D eigenvalue weighted by Crippen LogP contribution is 2.76. The van der Waals surface area contributed by atoms with E-state index in [4.69, 9.17) is 29.7 Å². The summed E-state index contributed by atoms with van der Waals surface area (Å²) in [6, 6.07) is 3.12. The summed E-state index contributed by atoms with van der Waals surface area (Å²) >= 11 is 5.98. The Morgan fingerprint density at radius 1 is 1.03 bits per heavy atom. The third kappa shape index (κ3) is 8.14. The second-order valence-corrected chi connectivity index (χ2v) is 12.3. The van der Waals surface area contributed by atoms with Gasteiger partial charge >= 0.3 is 7.60 Å². The minimum Gasteiger partial charge on any atom is -0.329 e. The fraction of sp³-hybridized carbons (Fsp3) is 0.737. The van der Waals surface area contributed by atoms with E-state index >= 15 is 4.39 Å². The van der Waals surface area contributed by atoms with Crippen LogP contribution in [0.2, 0.25) is 5.15 Å². The van der Waals surface area contributed by atoms with Crippen molar-refractivity contribution in [1.29, 1.82) is 0 Å². The Bertz CT molecular complexity index is 668. The molecule has 0 N–H and O–H groups in total. The fourth-order valence-electron chi connectivity index (χ4n) is 2.38. The van der Waals surface area contributed by atoms with Gasteiger partial charge in [0.05, 0.1) is 24.4 Å². The van der Waals surface area contributed by atoms with Gasteiger partial charge < -0.3 is 18.1 Å². The van der Waals surface area contributed by atoms with Crippen LogP contribution in [0.25, 0.3) is 0 Å². The number of pyridine rings is 1. The van der Waals surface area contributed by atoms with Crippen LogP contribution in [0.1, 0.15) is 61.0 Å². The van der Waals surface area contributed by atoms with E-state index < -0.39 is 33.3 Å². The van der Waals surface area contributed by atoms with Gasteiger partial charge in [0.15, 0.2) is 0 Å². The van der Waals surface area contributed by atoms with Crippen LogP contribution in [0.15, 0.2) is 18.3 Å². The van der Waals surface area contributed by atoms with Crippen molar-refractivity contribution in [2.75, 3.05) is 0 Å². The molecule has 0 aliphatic heterocycles. The molecule has 1 aromatic rings. The molecule has 0 aliphatic carbocycles. The molecular formula is C19H33ClFNO5P2. The van der Waals surface area contributed by atoms with E-state index in [0.717, 1.165) is 0 Å². The molecule has 1 atom stereocenters. The maximum atomic E-state index is 17.0. The zero-order valence-electron chi connectivity index (χ0n) is 18.4. The van der Waals surface area contributed by atoms with Gasteiger partial charge in [-0.05, 0) is 73.1 Å². The van der Waals surface area contributed by atoms with Crippen molar-refractivity contribution >= 4 is 27.6 Å². The largest absolute Gasteiger partial charge is 0.377 e. The van der Waals surface area contributed by atoms with E-state index in [2.05, 4.69) is 4.98 Å². The first-order valence-corrected chi connectivity index (χ1v) is 12.8. The number of alkyl halides is 1. The SMILES string of the molecule is CC(C)OP(OC(C)C)C(F)(Cc1ccnc(Cl)c1)P(=O)(OC(C)C)OC(C)C. The monoisotopic (exact) mass is 471 g/mol. The van der Waals surface area contributed by atoms with E-state index in [9.17, 15) is 4.57 Å². The van der Waals surface area contributed by atoms with Gasteiger partial charge in [0.1, 0.15) is 5.15 Å². The summed E-state index contributed by atoms with van der Waals surface area (Å²) in [4.78, 5) is 3.92. The number of hydrogen-bond acceptors (Lipinski definition) is 6. The smallest absolute Gasteiger partial charge is 0.329 e. The van der Waals surface area contributed by atoms with Crippen molar-refractivity contribution in [2.45, 2.75) is 91.4 Å². The molecule has 29 heavy (non-hydrogen) atoms. The molecular weight excluding hydrogens is 439 g/mol. The minimum atomic E-state index is -4.35. The average Bonchev–Trinajstić information content (AvgIpc) is 2.51. The van der Waals surface area contributed by atoms with Crippen LogP contribution in [0.4, 0.5) is 4.39 Å². The van der Waals surface area contributed by atoms with Gasteiger partial charge in [0.25, 0.3) is 5.15 Å². The summed E-state index contributed by atoms with van der Waals surface area (Å²) in [5.74, 6) is 0. The molecule has 168 valence electrons. The second kappa shape index (κ2) is 11.5. The molecule has 0 saturated heterocycles. The number of rotatable bonds is 12. The van der Waals surface area contributed by atoms with Gasteiger partial charge in [-0.15, -0.1) is 0 Å². The third-order valence-corrected chi connectivity index (χ3v) is 9.00. The number of halogens is 2. The van der Waals surface area contributed by atoms with Crippen LogP contribution < -0.4 is 0 Å². The van der Waals surface area contributed by atoms with Gasteiger partial charge in [0.2, 0.25) is 8.38 Å². The predicted molar refractivity (Wildman–Crippen MR) is 116 cm³/mol. The predicted octanol–water partition coefficient (Wildman–Crippen LogP) is 7.11. The zero-order valence-corrected chi connectivity index (χ0v) is 20.9. The lowest BCUT2D eigenvalue weighted by Crippen LogP contribution is -2.32. The number of nitrogens with zero attached hydrogens (tertiary/aromatic N) is 1. The fourth-order valence-corrected chi connectivity index (χ4v) is 7.26. The van der Waals surface area contributed by atoms with Crippen molar-refractivity contribution in [2.24, 2.45) is 0 Å². The van der Waals surface area contributed by atoms with Gasteiger partial charge in [-0.2, -0.15) is 0 Å². The van der Waals surface area contributed by atoms with Crippen molar-refractivity contribution in [3.05, 3.63) is 29.0 Å². The zero-order chi connectivity index (χ0) is 22.4. The van der Waals surface area contributed by atoms with Crippen molar-refractivity contribution in [3.63, 3.8) is 0 Å². The molecule has 0 radical (unpaired) electrons. The Labute approximate surface area is 180 Å². The molecule has 6 nitrogen and oxygen atoms in total. The Kier molecular flexibility index (Phi) is 10.6. The molecule has 0 aliphatic rings. The average molecular weight is 472 g/mol. The normalized spacial score (nSPS) is 15.1. The Morgan fingerprint density at radius 3 is 1.90 bits per heavy atom. The first-order valence-electron chi connectivity index (χ1n) is 9.69. The molecule has 0 fully saturated rings. The molecule has 0 spiro atoms. The van der Waals surface area contributed by atoms with E-state index in [-0.39, 0.29) is 23.8 Å². The highest BCUT2D eigenvalue weighted by Gasteiger charge is 2.61. The molecule has 0 saturated carbocycles. The topological polar surface area (TPSA) is 66.9 Å². The van der Waals surface area contributed by atoms with Gasteiger partial charge in [-0.3, -0.25) is 4.57 Å². The Morgan fingerprint density at radius 2 is 1.52 bits per heavy atom. The molecule has 10 heteroatoms. The van der Waals surface area contributed by atoms with Gasteiger partial charge in [-0.25, -0.2) is 9.37 Å². The lowest BCUT2D eigenvalue weighted by Gasteiger charge is -2.39. The van der Waals surface area contributed by atoms with Crippen LogP contribution in [0, 0.1) is 0 Å². The summed E-state index contributed by atoms with van der Waals surface area (Å²) in [7, 11) is -6.66. The maximum Gasteiger partial charge on any atom is 0.377 e. The highest BCUT2D eigenvalue weighted by molar-refractivity contribution is 7.71. The Hall–Kier alpha value is -0.130. The molecule has 0 bridgehead atoms. The maximum absolute atomic E-state index is 17.0. The van der Waals surface area contributed by atoms with Crippen LogP contribution in [-0.2, 0) is 29.1 Å². The second-order valence-electron chi connectivity index (χ2n) is 7.75. The van der Waals surface area contributed by atoms with Crippen LogP contribution in [-0.4, -0.2) is 34.6 Å². The highest BCUT2D eigenvalue weighted by atomic mass is 35.5. The molecule has 1 rings (SSSR count). The molecule has 0 aromatic carbocycles. The van der Waals surface area contributed by atoms with E-state index in [1.165, 1.54) is 12.3 Å². The molecule has 1 unspecified atom stereocenters. The van der Waals surface area contributed by atoms with E-state index in [1.54, 1.807) is 61.5 Å². The van der Waals surface area contributed by atoms with Gasteiger partial charge in [0, 0.05) is 12.6 Å². The first-order chi connectivity index (χ1) is 13.3. The number of aromatic nitrogens is 1. The Balaban J connectivity index is 3.59. The van der Waals surface area contributed by atoms with Crippen LogP contribution in [0.3, 0.4) is 0 Å². The lowest BCUT2D eigenvalue weighted by atomic mass is 10.2. The quantitative estimate of drug-likeness (QED) is 0.239. The summed E-state index contributed by atoms with van der Waals surface area (Å²) in [5, 5.41) is -2.36. The standard InChI is InChI=1S/C19H33ClFNO5P2/c1-13(2)24-28(25-14(3)4)19(21,12-17-9-10-22-18(20)11-17)29(23,26-15(5)6)27-16(7)8/h9-11,13-16H,12H2,1-8H3. The summed E-state index contributed by atoms with van der Waals surface area (Å²) in [5.41, 5.74) is 0.486. The van der Waals surface area contributed by atoms with Crippen molar-refractivity contribution in [1.82, 2.24) is 4.98 Å². The van der Waals surface area contributed by atoms with Crippen molar-refractivity contribution < 1.29 is 27.1 Å². The summed E-state index contributed by atoms with van der Waals surface area (Å²) < 4.78 is 53.8. The third-order valence-electron chi connectivity index (χ3n) is 3.23. The molecule has 1 aromatic heterocycles. The van der Waals surface area contributed by atoms with Crippen molar-refractivity contribution in [3.8, 4) is 0 Å². The van der Waals surface area contributed by atoms with Gasteiger partial charge in [-0.1, -0.05) is 11.6 Å². The van der Waals surface area contributed by atoms with Crippen LogP contribution in [0.5, 0.6) is 0 Å². The van der Waals surface area contributed by atoms with E-state index in [1.807, 2.05) is 0 Å². The molecule has 0 amide bonds.